The molecule has 0 heterocycles. The Morgan fingerprint density at radius 2 is 1.53 bits per heavy atom. The van der Waals surface area contributed by atoms with E-state index >= 15 is 0 Å². The van der Waals surface area contributed by atoms with Gasteiger partial charge in [0.25, 0.3) is 0 Å². The van der Waals surface area contributed by atoms with E-state index in [0.29, 0.717) is 11.4 Å². The van der Waals surface area contributed by atoms with Crippen molar-refractivity contribution in [3.8, 4) is 0 Å². The third-order valence-corrected chi connectivity index (χ3v) is 6.05. The van der Waals surface area contributed by atoms with E-state index in [4.69, 9.17) is 0 Å². The summed E-state index contributed by atoms with van der Waals surface area (Å²) < 4.78 is 31.7. The van der Waals surface area contributed by atoms with Crippen molar-refractivity contribution < 1.29 is 27.5 Å². The Morgan fingerprint density at radius 3 is 2.07 bits per heavy atom. The average Bonchev–Trinajstić information content (AvgIpc) is 2.72. The largest absolute Gasteiger partial charge is 0.465 e. The number of nitrogens with zero attached hydrogens (tertiary/aromatic N) is 1. The first-order valence-corrected chi connectivity index (χ1v) is 10.5. The number of anilines is 2. The van der Waals surface area contributed by atoms with Crippen molar-refractivity contribution in [2.24, 2.45) is 0 Å². The molecule has 0 atom stereocenters. The molecule has 0 fully saturated rings. The highest BCUT2D eigenvalue weighted by Crippen LogP contribution is 2.21. The van der Waals surface area contributed by atoms with Gasteiger partial charge in [-0.15, -0.1) is 0 Å². The van der Waals surface area contributed by atoms with Crippen molar-refractivity contribution in [1.82, 2.24) is 4.31 Å². The van der Waals surface area contributed by atoms with Crippen LogP contribution in [0.25, 0.3) is 0 Å². The number of carbonyl (C=O) groups is 3. The van der Waals surface area contributed by atoms with Gasteiger partial charge in [0.2, 0.25) is 21.8 Å². The number of hydrogen-bond acceptors (Lipinski definition) is 6. The molecule has 0 aliphatic carbocycles. The molecule has 2 aromatic carbocycles. The Morgan fingerprint density at radius 1 is 0.967 bits per heavy atom. The topological polar surface area (TPSA) is 122 Å². The smallest absolute Gasteiger partial charge is 0.339 e. The van der Waals surface area contributed by atoms with Gasteiger partial charge in [-0.3, -0.25) is 9.59 Å². The molecule has 160 valence electrons. The summed E-state index contributed by atoms with van der Waals surface area (Å²) in [5.74, 6) is -1.56. The lowest BCUT2D eigenvalue weighted by molar-refractivity contribution is -0.116. The van der Waals surface area contributed by atoms with Crippen molar-refractivity contribution in [2.45, 2.75) is 18.7 Å². The van der Waals surface area contributed by atoms with Crippen LogP contribution in [0.15, 0.2) is 53.4 Å². The van der Waals surface area contributed by atoms with Crippen LogP contribution in [-0.4, -0.2) is 50.7 Å². The van der Waals surface area contributed by atoms with Crippen molar-refractivity contribution in [3.63, 3.8) is 0 Å². The summed E-state index contributed by atoms with van der Waals surface area (Å²) >= 11 is 0. The summed E-state index contributed by atoms with van der Waals surface area (Å²) in [6.07, 6.45) is 0. The highest BCUT2D eigenvalue weighted by Gasteiger charge is 2.29. The van der Waals surface area contributed by atoms with Crippen molar-refractivity contribution in [3.05, 3.63) is 54.1 Å². The maximum Gasteiger partial charge on any atom is 0.339 e. The first-order valence-electron chi connectivity index (χ1n) is 9.04. The van der Waals surface area contributed by atoms with Gasteiger partial charge < -0.3 is 15.4 Å². The van der Waals surface area contributed by atoms with Gasteiger partial charge in [0.1, 0.15) is 0 Å². The normalized spacial score (nSPS) is 11.1. The van der Waals surface area contributed by atoms with Gasteiger partial charge in [0, 0.05) is 24.8 Å². The summed E-state index contributed by atoms with van der Waals surface area (Å²) in [5, 5.41) is 5.22. The predicted molar refractivity (Wildman–Crippen MR) is 112 cm³/mol. The molecule has 30 heavy (non-hydrogen) atoms. The lowest BCUT2D eigenvalue weighted by Gasteiger charge is -2.21. The van der Waals surface area contributed by atoms with Crippen LogP contribution in [0.2, 0.25) is 0 Å². The molecule has 2 aromatic rings. The maximum absolute atomic E-state index is 13.0. The van der Waals surface area contributed by atoms with E-state index in [1.54, 1.807) is 31.2 Å². The molecular weight excluding hydrogens is 410 g/mol. The molecule has 0 aromatic heterocycles. The van der Waals surface area contributed by atoms with Crippen molar-refractivity contribution >= 4 is 39.2 Å². The fourth-order valence-corrected chi connectivity index (χ4v) is 4.26. The van der Waals surface area contributed by atoms with E-state index in [2.05, 4.69) is 15.4 Å². The van der Waals surface area contributed by atoms with Gasteiger partial charge >= 0.3 is 5.97 Å². The zero-order valence-corrected chi connectivity index (χ0v) is 17.7. The summed E-state index contributed by atoms with van der Waals surface area (Å²) in [7, 11) is -2.96. The van der Waals surface area contributed by atoms with Crippen LogP contribution in [0.5, 0.6) is 0 Å². The second-order valence-corrected chi connectivity index (χ2v) is 8.13. The van der Waals surface area contributed by atoms with Crippen LogP contribution in [0.1, 0.15) is 24.2 Å². The van der Waals surface area contributed by atoms with Gasteiger partial charge in [-0.05, 0) is 36.4 Å². The van der Waals surface area contributed by atoms with Crippen LogP contribution >= 0.6 is 0 Å². The number of hydrogen-bond donors (Lipinski definition) is 2. The molecule has 0 bridgehead atoms. The second-order valence-electron chi connectivity index (χ2n) is 6.23. The molecule has 0 aliphatic rings. The molecule has 0 aliphatic heterocycles. The number of sulfonamides is 1. The van der Waals surface area contributed by atoms with E-state index < -0.39 is 28.4 Å². The molecular formula is C20H23N3O6S. The Bertz CT molecular complexity index is 1030. The van der Waals surface area contributed by atoms with Crippen LogP contribution in [-0.2, 0) is 24.3 Å². The van der Waals surface area contributed by atoms with Crippen molar-refractivity contribution in [2.75, 3.05) is 30.8 Å². The number of benzene rings is 2. The number of ether oxygens (including phenoxy) is 1. The lowest BCUT2D eigenvalue weighted by Crippen LogP contribution is -2.38. The fourth-order valence-electron chi connectivity index (χ4n) is 2.68. The summed E-state index contributed by atoms with van der Waals surface area (Å²) in [6, 6.07) is 12.0. The summed E-state index contributed by atoms with van der Waals surface area (Å²) in [6.45, 7) is 2.55. The van der Waals surface area contributed by atoms with Gasteiger partial charge in [0.15, 0.2) is 0 Å². The number of rotatable bonds is 8. The van der Waals surface area contributed by atoms with E-state index in [-0.39, 0.29) is 22.9 Å². The first-order chi connectivity index (χ1) is 14.2. The minimum atomic E-state index is -4.12. The number of amides is 2. The van der Waals surface area contributed by atoms with Crippen LogP contribution in [0.4, 0.5) is 11.4 Å². The lowest BCUT2D eigenvalue weighted by atomic mass is 10.2. The molecule has 2 amide bonds. The highest BCUT2D eigenvalue weighted by molar-refractivity contribution is 7.89. The minimum Gasteiger partial charge on any atom is -0.465 e. The monoisotopic (exact) mass is 433 g/mol. The van der Waals surface area contributed by atoms with Crippen LogP contribution < -0.4 is 10.6 Å². The molecule has 0 spiro atoms. The van der Waals surface area contributed by atoms with E-state index in [1.807, 2.05) is 0 Å². The molecule has 9 nitrogen and oxygen atoms in total. The Balaban J connectivity index is 2.17. The zero-order valence-electron chi connectivity index (χ0n) is 16.8. The quantitative estimate of drug-likeness (QED) is 0.615. The molecule has 0 saturated carbocycles. The van der Waals surface area contributed by atoms with Gasteiger partial charge in [-0.1, -0.05) is 19.1 Å². The van der Waals surface area contributed by atoms with Gasteiger partial charge in [-0.2, -0.15) is 4.31 Å². The third kappa shape index (κ3) is 5.65. The number of methoxy groups -OCH3 is 1. The molecule has 10 heteroatoms. The summed E-state index contributed by atoms with van der Waals surface area (Å²) in [4.78, 5) is 35.2. The third-order valence-electron chi connectivity index (χ3n) is 4.07. The van der Waals surface area contributed by atoms with Crippen molar-refractivity contribution in [1.29, 1.82) is 0 Å². The molecule has 0 unspecified atom stereocenters. The Labute approximate surface area is 175 Å². The zero-order chi connectivity index (χ0) is 22.3. The fraction of sp³-hybridized carbons (Fsp3) is 0.250. The molecule has 2 rings (SSSR count). The number of esters is 1. The average molecular weight is 433 g/mol. The summed E-state index contributed by atoms with van der Waals surface area (Å²) in [5.41, 5.74) is 0.905. The van der Waals surface area contributed by atoms with Gasteiger partial charge in [0.05, 0.1) is 24.1 Å². The number of carbonyl (C=O) groups excluding carboxylic acids is 3. The minimum absolute atomic E-state index is 0.0206. The van der Waals surface area contributed by atoms with E-state index in [1.165, 1.54) is 31.2 Å². The second kappa shape index (κ2) is 9.99. The highest BCUT2D eigenvalue weighted by atomic mass is 32.2. The molecule has 0 radical (unpaired) electrons. The number of nitrogens with one attached hydrogen (secondary N) is 2. The Kier molecular flexibility index (Phi) is 7.67. The Hall–Kier alpha value is -3.24. The van der Waals surface area contributed by atoms with Crippen LogP contribution in [0, 0.1) is 0 Å². The van der Waals surface area contributed by atoms with E-state index in [9.17, 15) is 22.8 Å². The SMILES string of the molecule is CCN(CC(=O)Nc1ccc(NC(C)=O)cc1)S(=O)(=O)c1ccccc1C(=O)OC. The number of likely N-dealkylation sites (N-methyl/N-ethyl adjacent to an activating group) is 1. The van der Waals surface area contributed by atoms with Crippen LogP contribution in [0.3, 0.4) is 0 Å². The first kappa shape index (κ1) is 23.0. The standard InChI is InChI=1S/C20H23N3O6S/c1-4-23(30(27,28)18-8-6-5-7-17(18)20(26)29-3)13-19(25)22-16-11-9-15(10-12-16)21-14(2)24/h5-12H,4,13H2,1-3H3,(H,21,24)(H,22,25). The molecule has 0 saturated heterocycles. The van der Waals surface area contributed by atoms with Gasteiger partial charge in [-0.25, -0.2) is 13.2 Å². The molecule has 2 N–H and O–H groups in total. The van der Waals surface area contributed by atoms with E-state index in [0.717, 1.165) is 11.4 Å². The maximum atomic E-state index is 13.0. The predicted octanol–water partition coefficient (Wildman–Crippen LogP) is 2.08.